The summed E-state index contributed by atoms with van der Waals surface area (Å²) >= 11 is 0. The maximum Gasteiger partial charge on any atom is 0.342 e. The van der Waals surface area contributed by atoms with Gasteiger partial charge in [0.05, 0.1) is 5.71 Å². The highest BCUT2D eigenvalue weighted by Gasteiger charge is 2.11. The number of anilines is 1. The zero-order valence-electron chi connectivity index (χ0n) is 14.7. The monoisotopic (exact) mass is 343 g/mol. The van der Waals surface area contributed by atoms with E-state index >= 15 is 0 Å². The van der Waals surface area contributed by atoms with Crippen LogP contribution in [0.4, 0.5) is 10.5 Å². The summed E-state index contributed by atoms with van der Waals surface area (Å²) in [7, 11) is 1.72. The molecule has 0 saturated heterocycles. The number of nitrogens with one attached hydrogen (secondary N) is 1. The number of benzene rings is 3. The lowest BCUT2D eigenvalue weighted by atomic mass is 10.0. The second-order valence-corrected chi connectivity index (χ2v) is 5.90. The first-order valence-electron chi connectivity index (χ1n) is 8.48. The minimum absolute atomic E-state index is 0.280. The molecule has 26 heavy (non-hydrogen) atoms. The van der Waals surface area contributed by atoms with Crippen LogP contribution in [0.5, 0.6) is 0 Å². The van der Waals surface area contributed by atoms with Crippen molar-refractivity contribution in [3.05, 3.63) is 102 Å². The number of para-hydroxylation sites is 1. The van der Waals surface area contributed by atoms with Crippen LogP contribution in [-0.4, -0.2) is 18.8 Å². The molecule has 2 amide bonds. The van der Waals surface area contributed by atoms with Gasteiger partial charge in [-0.3, -0.25) is 4.90 Å². The predicted octanol–water partition coefficient (Wildman–Crippen LogP) is 4.48. The summed E-state index contributed by atoms with van der Waals surface area (Å²) in [6.45, 7) is 0. The summed E-state index contributed by atoms with van der Waals surface area (Å²) in [6.07, 6.45) is 0.639. The van der Waals surface area contributed by atoms with Gasteiger partial charge >= 0.3 is 6.03 Å². The smallest absolute Gasteiger partial charge is 0.296 e. The summed E-state index contributed by atoms with van der Waals surface area (Å²) in [5.74, 6) is 0. The number of nitrogens with zero attached hydrogens (tertiary/aromatic N) is 2. The highest BCUT2D eigenvalue weighted by atomic mass is 16.2. The molecule has 0 unspecified atom stereocenters. The molecule has 3 aromatic carbocycles. The summed E-state index contributed by atoms with van der Waals surface area (Å²) in [5, 5.41) is 4.41. The van der Waals surface area contributed by atoms with Crippen LogP contribution in [0, 0.1) is 0 Å². The molecule has 0 aliphatic carbocycles. The molecule has 3 rings (SSSR count). The van der Waals surface area contributed by atoms with Crippen molar-refractivity contribution in [3.63, 3.8) is 0 Å². The molecule has 0 aromatic heterocycles. The first kappa shape index (κ1) is 17.4. The van der Waals surface area contributed by atoms with Crippen molar-refractivity contribution < 1.29 is 4.79 Å². The fourth-order valence-electron chi connectivity index (χ4n) is 2.59. The number of rotatable bonds is 5. The average Bonchev–Trinajstić information content (AvgIpc) is 2.72. The zero-order valence-corrected chi connectivity index (χ0v) is 14.7. The van der Waals surface area contributed by atoms with Crippen molar-refractivity contribution in [2.75, 3.05) is 11.9 Å². The molecule has 3 aromatic rings. The van der Waals surface area contributed by atoms with Gasteiger partial charge in [0.25, 0.3) is 0 Å². The topological polar surface area (TPSA) is 44.7 Å². The number of hydrogen-bond acceptors (Lipinski definition) is 2. The van der Waals surface area contributed by atoms with E-state index in [1.807, 2.05) is 78.9 Å². The first-order chi connectivity index (χ1) is 12.7. The number of hydrogen-bond donors (Lipinski definition) is 1. The van der Waals surface area contributed by atoms with Gasteiger partial charge in [-0.15, -0.1) is 0 Å². The molecule has 0 aliphatic heterocycles. The van der Waals surface area contributed by atoms with E-state index < -0.39 is 0 Å². The number of urea groups is 1. The van der Waals surface area contributed by atoms with Crippen LogP contribution < -0.4 is 10.3 Å². The third-order valence-electron chi connectivity index (χ3n) is 4.06. The average molecular weight is 343 g/mol. The Labute approximate surface area is 153 Å². The van der Waals surface area contributed by atoms with E-state index in [4.69, 9.17) is 0 Å². The van der Waals surface area contributed by atoms with E-state index in [-0.39, 0.29) is 6.03 Å². The summed E-state index contributed by atoms with van der Waals surface area (Å²) in [6, 6.07) is 29.2. The lowest BCUT2D eigenvalue weighted by Gasteiger charge is -2.16. The van der Waals surface area contributed by atoms with Crippen LogP contribution in [0.25, 0.3) is 0 Å². The normalized spacial score (nSPS) is 11.0. The fourth-order valence-corrected chi connectivity index (χ4v) is 2.59. The third kappa shape index (κ3) is 4.57. The van der Waals surface area contributed by atoms with Crippen LogP contribution in [0.15, 0.2) is 96.1 Å². The molecule has 4 heteroatoms. The van der Waals surface area contributed by atoms with E-state index in [1.54, 1.807) is 7.05 Å². The van der Waals surface area contributed by atoms with Gasteiger partial charge in [0.15, 0.2) is 0 Å². The van der Waals surface area contributed by atoms with Crippen molar-refractivity contribution in [3.8, 4) is 0 Å². The lowest BCUT2D eigenvalue weighted by Crippen LogP contribution is -2.35. The Hall–Kier alpha value is -3.40. The standard InChI is InChI=1S/C22H21N3O/c1-25(20-15-9-4-10-16-20)22(26)24-23-21(19-13-7-3-8-14-19)17-18-11-5-2-6-12-18/h2-16H,17H2,1H3,(H,24,26). The second kappa shape index (κ2) is 8.62. The van der Waals surface area contributed by atoms with Gasteiger partial charge in [-0.05, 0) is 23.3 Å². The molecule has 0 spiro atoms. The Morgan fingerprint density at radius 2 is 1.38 bits per heavy atom. The Kier molecular flexibility index (Phi) is 5.78. The SMILES string of the molecule is CN(C(=O)NN=C(Cc1ccccc1)c1ccccc1)c1ccccc1. The minimum Gasteiger partial charge on any atom is -0.296 e. The maximum atomic E-state index is 12.4. The van der Waals surface area contributed by atoms with Crippen molar-refractivity contribution >= 4 is 17.4 Å². The van der Waals surface area contributed by atoms with E-state index in [0.29, 0.717) is 6.42 Å². The van der Waals surface area contributed by atoms with E-state index in [0.717, 1.165) is 22.5 Å². The molecular weight excluding hydrogens is 322 g/mol. The lowest BCUT2D eigenvalue weighted by molar-refractivity contribution is 0.248. The zero-order chi connectivity index (χ0) is 18.2. The molecular formula is C22H21N3O. The number of carbonyl (C=O) groups is 1. The van der Waals surface area contributed by atoms with Crippen molar-refractivity contribution in [2.45, 2.75) is 6.42 Å². The second-order valence-electron chi connectivity index (χ2n) is 5.90. The van der Waals surface area contributed by atoms with Gasteiger partial charge in [0.2, 0.25) is 0 Å². The van der Waals surface area contributed by atoms with Gasteiger partial charge in [-0.25, -0.2) is 10.2 Å². The van der Waals surface area contributed by atoms with Crippen LogP contribution >= 0.6 is 0 Å². The van der Waals surface area contributed by atoms with Crippen LogP contribution in [0.1, 0.15) is 11.1 Å². The van der Waals surface area contributed by atoms with Crippen molar-refractivity contribution in [1.82, 2.24) is 5.43 Å². The molecule has 0 radical (unpaired) electrons. The fraction of sp³-hybridized carbons (Fsp3) is 0.0909. The molecule has 0 heterocycles. The Balaban J connectivity index is 1.79. The predicted molar refractivity (Wildman–Crippen MR) is 107 cm³/mol. The molecule has 4 nitrogen and oxygen atoms in total. The highest BCUT2D eigenvalue weighted by molar-refractivity contribution is 6.03. The summed E-state index contributed by atoms with van der Waals surface area (Å²) in [4.78, 5) is 14.0. The molecule has 130 valence electrons. The van der Waals surface area contributed by atoms with Crippen LogP contribution in [0.2, 0.25) is 0 Å². The van der Waals surface area contributed by atoms with Gasteiger partial charge < -0.3 is 0 Å². The minimum atomic E-state index is -0.280. The van der Waals surface area contributed by atoms with Crippen molar-refractivity contribution in [2.24, 2.45) is 5.10 Å². The molecule has 0 aliphatic rings. The Bertz CT molecular complexity index is 862. The molecule has 0 atom stereocenters. The molecule has 1 N–H and O–H groups in total. The van der Waals surface area contributed by atoms with Gasteiger partial charge in [-0.2, -0.15) is 5.10 Å². The summed E-state index contributed by atoms with van der Waals surface area (Å²) < 4.78 is 0. The van der Waals surface area contributed by atoms with Crippen LogP contribution in [-0.2, 0) is 6.42 Å². The molecule has 0 saturated carbocycles. The Morgan fingerprint density at radius 3 is 2.00 bits per heavy atom. The maximum absolute atomic E-state index is 12.4. The van der Waals surface area contributed by atoms with Crippen LogP contribution in [0.3, 0.4) is 0 Å². The van der Waals surface area contributed by atoms with Crippen molar-refractivity contribution in [1.29, 1.82) is 0 Å². The number of carbonyl (C=O) groups excluding carboxylic acids is 1. The molecule has 0 fully saturated rings. The summed E-state index contributed by atoms with van der Waals surface area (Å²) in [5.41, 5.74) is 6.42. The van der Waals surface area contributed by atoms with E-state index in [9.17, 15) is 4.79 Å². The van der Waals surface area contributed by atoms with Gasteiger partial charge in [0, 0.05) is 19.2 Å². The third-order valence-corrected chi connectivity index (χ3v) is 4.06. The van der Waals surface area contributed by atoms with Gasteiger partial charge in [0.1, 0.15) is 0 Å². The van der Waals surface area contributed by atoms with E-state index in [1.165, 1.54) is 4.90 Å². The van der Waals surface area contributed by atoms with Gasteiger partial charge in [-0.1, -0.05) is 78.9 Å². The quantitative estimate of drug-likeness (QED) is 0.539. The Morgan fingerprint density at radius 1 is 0.846 bits per heavy atom. The number of hydrazone groups is 1. The largest absolute Gasteiger partial charge is 0.342 e. The first-order valence-corrected chi connectivity index (χ1v) is 8.48. The van der Waals surface area contributed by atoms with E-state index in [2.05, 4.69) is 22.7 Å². The molecule has 0 bridgehead atoms. The highest BCUT2D eigenvalue weighted by Crippen LogP contribution is 2.11. The number of amides is 2.